The highest BCUT2D eigenvalue weighted by molar-refractivity contribution is 14.1. The lowest BCUT2D eigenvalue weighted by atomic mass is 10.2. The number of carbonyl (C=O) groups is 2. The summed E-state index contributed by atoms with van der Waals surface area (Å²) in [6.07, 6.45) is 1.18. The zero-order valence-electron chi connectivity index (χ0n) is 22.3. The summed E-state index contributed by atoms with van der Waals surface area (Å²) >= 11 is 12.7. The van der Waals surface area contributed by atoms with Crippen LogP contribution in [0.2, 0.25) is 0 Å². The molecule has 0 aromatic heterocycles. The van der Waals surface area contributed by atoms with E-state index in [2.05, 4.69) is 136 Å². The molecule has 10 nitrogen and oxygen atoms in total. The van der Waals surface area contributed by atoms with E-state index in [9.17, 15) is 9.59 Å². The molecular formula is C26H30I6N2O8. The largest absolute Gasteiger partial charge is 0.462 e. The van der Waals surface area contributed by atoms with Crippen LogP contribution in [0.4, 0.5) is 11.4 Å². The van der Waals surface area contributed by atoms with Gasteiger partial charge in [0.15, 0.2) is 0 Å². The zero-order chi connectivity index (χ0) is 31.1. The van der Waals surface area contributed by atoms with Gasteiger partial charge in [0.1, 0.15) is 0 Å². The molecule has 0 amide bonds. The van der Waals surface area contributed by atoms with Crippen LogP contribution in [-0.2, 0) is 28.4 Å². The van der Waals surface area contributed by atoms with Crippen LogP contribution >= 0.6 is 136 Å². The van der Waals surface area contributed by atoms with E-state index >= 15 is 0 Å². The minimum Gasteiger partial charge on any atom is -0.462 e. The monoisotopic (exact) mass is 1260 g/mol. The molecule has 0 aliphatic rings. The van der Waals surface area contributed by atoms with Gasteiger partial charge in [0.25, 0.3) is 0 Å². The fourth-order valence-electron chi connectivity index (χ4n) is 3.14. The minimum atomic E-state index is -0.379. The van der Waals surface area contributed by atoms with Gasteiger partial charge in [-0.05, 0) is 148 Å². The summed E-state index contributed by atoms with van der Waals surface area (Å²) in [6, 6.07) is 3.74. The van der Waals surface area contributed by atoms with Crippen molar-refractivity contribution in [2.75, 3.05) is 77.5 Å². The summed E-state index contributed by atoms with van der Waals surface area (Å²) in [5, 5.41) is 0. The Morgan fingerprint density at radius 3 is 1.14 bits per heavy atom. The lowest BCUT2D eigenvalue weighted by Gasteiger charge is -2.12. The van der Waals surface area contributed by atoms with Crippen LogP contribution in [0, 0.1) is 21.4 Å². The summed E-state index contributed by atoms with van der Waals surface area (Å²) in [6.45, 7) is 4.15. The molecule has 0 saturated heterocycles. The first kappa shape index (κ1) is 39.4. The molecule has 0 fully saturated rings. The van der Waals surface area contributed by atoms with E-state index in [-0.39, 0.29) is 25.2 Å². The topological polar surface area (TPSA) is 142 Å². The summed E-state index contributed by atoms with van der Waals surface area (Å²) in [4.78, 5) is 24.8. The second kappa shape index (κ2) is 21.9. The van der Waals surface area contributed by atoms with Gasteiger partial charge in [-0.2, -0.15) is 0 Å². The van der Waals surface area contributed by atoms with Gasteiger partial charge in [0.05, 0.1) is 82.5 Å². The number of ether oxygens (including phenoxy) is 6. The molecule has 0 aliphatic carbocycles. The smallest absolute Gasteiger partial charge is 0.340 e. The van der Waals surface area contributed by atoms with Gasteiger partial charge in [0.2, 0.25) is 0 Å². The van der Waals surface area contributed by atoms with E-state index in [4.69, 9.17) is 39.9 Å². The Kier molecular flexibility index (Phi) is 20.5. The number of benzene rings is 2. The molecule has 0 saturated carbocycles. The van der Waals surface area contributed by atoms with Crippen molar-refractivity contribution in [1.29, 1.82) is 0 Å². The fraction of sp³-hybridized carbons (Fsp3) is 0.462. The fourth-order valence-corrected chi connectivity index (χ4v) is 10.8. The molecule has 2 aromatic rings. The van der Waals surface area contributed by atoms with Crippen LogP contribution in [0.1, 0.15) is 33.6 Å². The molecule has 2 aromatic carbocycles. The standard InChI is InChI=1S/C26H30I6N2O8/c27-15-13-17(29)23(33)21(31)19(15)25(35)41-5-1-3-37-7-9-39-11-12-40-10-8-38-4-2-6-42-26(36)20-16(28)14-18(30)24(34)22(20)32/h13-14H,1-12,33-34H2. The van der Waals surface area contributed by atoms with Gasteiger partial charge in [0, 0.05) is 40.3 Å². The number of nitrogen functional groups attached to an aromatic ring is 2. The van der Waals surface area contributed by atoms with Gasteiger partial charge in [-0.25, -0.2) is 9.59 Å². The molecule has 4 N–H and O–H groups in total. The summed E-state index contributed by atoms with van der Waals surface area (Å²) < 4.78 is 37.6. The number of esters is 2. The zero-order valence-corrected chi connectivity index (χ0v) is 35.3. The SMILES string of the molecule is Nc1c(I)cc(I)c(C(=O)OCCCOCCOCCOCCOCCCOC(=O)c2c(I)cc(I)c(N)c2I)c1I. The maximum atomic E-state index is 12.4. The third kappa shape index (κ3) is 13.5. The highest BCUT2D eigenvalue weighted by atomic mass is 127. The second-order valence-corrected chi connectivity index (χ2v) is 15.1. The summed E-state index contributed by atoms with van der Waals surface area (Å²) in [5.74, 6) is -0.758. The highest BCUT2D eigenvalue weighted by Gasteiger charge is 2.20. The van der Waals surface area contributed by atoms with Crippen molar-refractivity contribution < 1.29 is 38.0 Å². The van der Waals surface area contributed by atoms with E-state index in [0.29, 0.717) is 95.3 Å². The van der Waals surface area contributed by atoms with Crippen LogP contribution in [0.15, 0.2) is 12.1 Å². The summed E-state index contributed by atoms with van der Waals surface area (Å²) in [5.41, 5.74) is 14.3. The first-order valence-electron chi connectivity index (χ1n) is 12.6. The third-order valence-electron chi connectivity index (χ3n) is 5.27. The number of nitrogens with two attached hydrogens (primary N) is 2. The van der Waals surface area contributed by atoms with Crippen molar-refractivity contribution in [2.45, 2.75) is 12.8 Å². The Labute approximate surface area is 327 Å². The van der Waals surface area contributed by atoms with Crippen LogP contribution in [-0.4, -0.2) is 78.0 Å². The molecule has 0 spiro atoms. The molecule has 234 valence electrons. The van der Waals surface area contributed by atoms with Gasteiger partial charge in [-0.1, -0.05) is 0 Å². The molecule has 0 heterocycles. The van der Waals surface area contributed by atoms with E-state index in [1.54, 1.807) is 0 Å². The average molecular weight is 1260 g/mol. The first-order chi connectivity index (χ1) is 20.1. The minimum absolute atomic E-state index is 0.264. The van der Waals surface area contributed by atoms with Crippen molar-refractivity contribution in [3.8, 4) is 0 Å². The van der Waals surface area contributed by atoms with Gasteiger partial charge in [-0.3, -0.25) is 0 Å². The molecule has 0 aliphatic heterocycles. The van der Waals surface area contributed by atoms with Crippen molar-refractivity contribution in [2.24, 2.45) is 0 Å². The maximum absolute atomic E-state index is 12.4. The predicted molar refractivity (Wildman–Crippen MR) is 211 cm³/mol. The molecule has 16 heteroatoms. The van der Waals surface area contributed by atoms with Crippen molar-refractivity contribution in [3.05, 3.63) is 44.7 Å². The van der Waals surface area contributed by atoms with Gasteiger partial charge < -0.3 is 39.9 Å². The van der Waals surface area contributed by atoms with E-state index in [1.165, 1.54) is 0 Å². The van der Waals surface area contributed by atoms with Gasteiger partial charge in [-0.15, -0.1) is 0 Å². The Morgan fingerprint density at radius 2 is 0.810 bits per heavy atom. The van der Waals surface area contributed by atoms with Crippen LogP contribution in [0.25, 0.3) is 0 Å². The third-order valence-corrected chi connectivity index (χ3v) is 11.0. The van der Waals surface area contributed by atoms with Crippen molar-refractivity contribution >= 4 is 159 Å². The van der Waals surface area contributed by atoms with Crippen LogP contribution in [0.3, 0.4) is 0 Å². The number of carbonyl (C=O) groups excluding carboxylic acids is 2. The molecule has 0 bridgehead atoms. The molecule has 0 unspecified atom stereocenters. The number of hydrogen-bond acceptors (Lipinski definition) is 10. The lowest BCUT2D eigenvalue weighted by Crippen LogP contribution is -2.15. The Hall–Kier alpha value is 1.20. The normalized spacial score (nSPS) is 11.1. The molecule has 42 heavy (non-hydrogen) atoms. The van der Waals surface area contributed by atoms with E-state index < -0.39 is 0 Å². The van der Waals surface area contributed by atoms with Crippen molar-refractivity contribution in [1.82, 2.24) is 0 Å². The molecule has 0 radical (unpaired) electrons. The van der Waals surface area contributed by atoms with E-state index in [1.807, 2.05) is 12.1 Å². The molecule has 0 atom stereocenters. The van der Waals surface area contributed by atoms with Gasteiger partial charge >= 0.3 is 11.9 Å². The van der Waals surface area contributed by atoms with E-state index in [0.717, 1.165) is 14.3 Å². The molecule has 2 rings (SSSR count). The number of hydrogen-bond donors (Lipinski definition) is 2. The number of rotatable bonds is 19. The Bertz CT molecular complexity index is 1110. The number of anilines is 2. The first-order valence-corrected chi connectivity index (χ1v) is 19.0. The number of halogens is 6. The van der Waals surface area contributed by atoms with Crippen LogP contribution in [0.5, 0.6) is 0 Å². The molecular weight excluding hydrogens is 1230 g/mol. The van der Waals surface area contributed by atoms with Crippen molar-refractivity contribution in [3.63, 3.8) is 0 Å². The summed E-state index contributed by atoms with van der Waals surface area (Å²) in [7, 11) is 0. The average Bonchev–Trinajstić information content (AvgIpc) is 2.94. The quantitative estimate of drug-likeness (QED) is 0.0710. The Morgan fingerprint density at radius 1 is 0.500 bits per heavy atom. The highest BCUT2D eigenvalue weighted by Crippen LogP contribution is 2.31. The maximum Gasteiger partial charge on any atom is 0.340 e. The Balaban J connectivity index is 1.39. The van der Waals surface area contributed by atoms with Crippen LogP contribution < -0.4 is 11.5 Å². The predicted octanol–water partition coefficient (Wildman–Crippen LogP) is 6.34. The second-order valence-electron chi connectivity index (χ2n) is 8.31. The lowest BCUT2D eigenvalue weighted by molar-refractivity contribution is -0.00552.